The van der Waals surface area contributed by atoms with E-state index < -0.39 is 17.1 Å². The topological polar surface area (TPSA) is 109 Å². The van der Waals surface area contributed by atoms with Gasteiger partial charge in [-0.25, -0.2) is 4.90 Å². The molecule has 3 atom stereocenters. The van der Waals surface area contributed by atoms with E-state index in [9.17, 15) is 19.2 Å². The van der Waals surface area contributed by atoms with Crippen molar-refractivity contribution in [1.29, 1.82) is 0 Å². The van der Waals surface area contributed by atoms with Gasteiger partial charge in [0.2, 0.25) is 11.8 Å². The van der Waals surface area contributed by atoms with Crippen LogP contribution in [-0.2, 0) is 19.1 Å². The number of carbonyl (C=O) groups is 3. The van der Waals surface area contributed by atoms with E-state index in [1.54, 1.807) is 47.4 Å². The molecule has 0 unspecified atom stereocenters. The van der Waals surface area contributed by atoms with E-state index in [0.717, 1.165) is 21.8 Å². The Morgan fingerprint density at radius 2 is 1.81 bits per heavy atom. The van der Waals surface area contributed by atoms with Crippen LogP contribution in [0.5, 0.6) is 5.75 Å². The third-order valence-electron chi connectivity index (χ3n) is 6.78. The number of H-pyrrole nitrogens is 1. The number of hydrogen-bond acceptors (Lipinski definition) is 8. The minimum atomic E-state index is -0.679. The fourth-order valence-electron chi connectivity index (χ4n) is 5.05. The van der Waals surface area contributed by atoms with Crippen LogP contribution in [-0.4, -0.2) is 65.8 Å². The molecule has 2 fully saturated rings. The van der Waals surface area contributed by atoms with Crippen molar-refractivity contribution in [2.45, 2.75) is 16.2 Å². The number of nitrogens with one attached hydrogen (secondary N) is 1. The lowest BCUT2D eigenvalue weighted by molar-refractivity contribution is -0.137. The summed E-state index contributed by atoms with van der Waals surface area (Å²) in [5, 5.41) is -0.0472. The summed E-state index contributed by atoms with van der Waals surface area (Å²) < 4.78 is 11.1. The van der Waals surface area contributed by atoms with Gasteiger partial charge in [0.25, 0.3) is 5.91 Å². The number of anilines is 1. The van der Waals surface area contributed by atoms with Gasteiger partial charge in [-0.05, 0) is 29.8 Å². The SMILES string of the molecule is O=C(COc1cccc([C@@H]2c3sc(=O)[nH]c3S[C@H]3C(=O)N(c4ccccc4)C(=O)[C@@H]23)c1)N1CCOCC1. The first-order chi connectivity index (χ1) is 18.0. The lowest BCUT2D eigenvalue weighted by Gasteiger charge is -2.30. The van der Waals surface area contributed by atoms with Gasteiger partial charge in [0.1, 0.15) is 11.0 Å². The number of ether oxygens (including phenoxy) is 2. The van der Waals surface area contributed by atoms with Crippen LogP contribution in [0.4, 0.5) is 5.69 Å². The first-order valence-electron chi connectivity index (χ1n) is 11.9. The molecule has 9 nitrogen and oxygen atoms in total. The molecule has 0 saturated carbocycles. The van der Waals surface area contributed by atoms with Crippen molar-refractivity contribution >= 4 is 46.5 Å². The molecular formula is C26H23N3O6S2. The Bertz CT molecular complexity index is 1410. The number of aromatic nitrogens is 1. The highest BCUT2D eigenvalue weighted by atomic mass is 32.2. The summed E-state index contributed by atoms with van der Waals surface area (Å²) in [5.41, 5.74) is 1.28. The number of carbonyl (C=O) groups excluding carboxylic acids is 3. The van der Waals surface area contributed by atoms with E-state index in [1.165, 1.54) is 16.7 Å². The summed E-state index contributed by atoms with van der Waals surface area (Å²) in [5.74, 6) is -1.41. The molecule has 11 heteroatoms. The summed E-state index contributed by atoms with van der Waals surface area (Å²) in [7, 11) is 0. The number of nitrogens with zero attached hydrogens (tertiary/aromatic N) is 2. The molecule has 0 radical (unpaired) electrons. The highest BCUT2D eigenvalue weighted by Crippen LogP contribution is 2.53. The van der Waals surface area contributed by atoms with Gasteiger partial charge in [-0.1, -0.05) is 53.4 Å². The van der Waals surface area contributed by atoms with Crippen LogP contribution >= 0.6 is 23.1 Å². The number of imide groups is 1. The monoisotopic (exact) mass is 537 g/mol. The van der Waals surface area contributed by atoms with Gasteiger partial charge in [-0.2, -0.15) is 0 Å². The zero-order valence-electron chi connectivity index (χ0n) is 19.6. The molecule has 0 aliphatic carbocycles. The molecule has 2 saturated heterocycles. The Morgan fingerprint density at radius 1 is 1.03 bits per heavy atom. The van der Waals surface area contributed by atoms with E-state index in [1.807, 2.05) is 12.1 Å². The van der Waals surface area contributed by atoms with E-state index in [4.69, 9.17) is 9.47 Å². The van der Waals surface area contributed by atoms with E-state index in [0.29, 0.717) is 42.8 Å². The quantitative estimate of drug-likeness (QED) is 0.498. The number of fused-ring (bicyclic) bond motifs is 2. The van der Waals surface area contributed by atoms with Crippen LogP contribution in [0.2, 0.25) is 0 Å². The summed E-state index contributed by atoms with van der Waals surface area (Å²) in [6.45, 7) is 1.98. The van der Waals surface area contributed by atoms with Crippen LogP contribution in [0.1, 0.15) is 16.4 Å². The molecule has 0 spiro atoms. The normalized spacial score (nSPS) is 23.1. The lowest BCUT2D eigenvalue weighted by Crippen LogP contribution is -2.42. The Kier molecular flexibility index (Phi) is 6.35. The van der Waals surface area contributed by atoms with Crippen LogP contribution in [0, 0.1) is 5.92 Å². The van der Waals surface area contributed by atoms with Crippen molar-refractivity contribution in [3.05, 3.63) is 74.7 Å². The van der Waals surface area contributed by atoms with Crippen molar-refractivity contribution in [1.82, 2.24) is 9.88 Å². The maximum Gasteiger partial charge on any atom is 0.305 e. The number of morpholine rings is 1. The lowest BCUT2D eigenvalue weighted by atomic mass is 9.83. The molecule has 0 bridgehead atoms. The van der Waals surface area contributed by atoms with Gasteiger partial charge in [-0.3, -0.25) is 19.2 Å². The second-order valence-corrected chi connectivity index (χ2v) is 11.1. The Hall–Kier alpha value is -3.41. The van der Waals surface area contributed by atoms with Crippen LogP contribution in [0.3, 0.4) is 0 Å². The van der Waals surface area contributed by atoms with Crippen LogP contribution in [0.15, 0.2) is 64.4 Å². The molecule has 37 heavy (non-hydrogen) atoms. The third kappa shape index (κ3) is 4.36. The van der Waals surface area contributed by atoms with Crippen molar-refractivity contribution in [3.8, 4) is 5.75 Å². The van der Waals surface area contributed by atoms with Gasteiger partial charge < -0.3 is 19.4 Å². The number of aromatic amines is 1. The Labute approximate surface area is 220 Å². The molecule has 3 aliphatic heterocycles. The van der Waals surface area contributed by atoms with Gasteiger partial charge in [0, 0.05) is 23.9 Å². The van der Waals surface area contributed by atoms with Gasteiger partial charge in [-0.15, -0.1) is 0 Å². The first-order valence-corrected chi connectivity index (χ1v) is 13.6. The molecule has 3 aliphatic rings. The third-order valence-corrected chi connectivity index (χ3v) is 9.18. The maximum atomic E-state index is 13.7. The average Bonchev–Trinajstić information content (AvgIpc) is 3.42. The number of rotatable bonds is 5. The summed E-state index contributed by atoms with van der Waals surface area (Å²) in [6, 6.07) is 16.1. The molecule has 4 heterocycles. The molecule has 3 amide bonds. The van der Waals surface area contributed by atoms with E-state index in [-0.39, 0.29) is 29.2 Å². The number of para-hydroxylation sites is 1. The van der Waals surface area contributed by atoms with Crippen molar-refractivity contribution in [2.75, 3.05) is 37.8 Å². The molecule has 6 rings (SSSR count). The maximum absolute atomic E-state index is 13.7. The molecule has 190 valence electrons. The van der Waals surface area contributed by atoms with Gasteiger partial charge in [0.15, 0.2) is 6.61 Å². The zero-order chi connectivity index (χ0) is 25.5. The molecule has 1 aromatic heterocycles. The number of thiazole rings is 1. The summed E-state index contributed by atoms with van der Waals surface area (Å²) in [6.07, 6.45) is 0. The second-order valence-electron chi connectivity index (χ2n) is 8.95. The number of thioether (sulfide) groups is 1. The van der Waals surface area contributed by atoms with Crippen LogP contribution < -0.4 is 14.5 Å². The van der Waals surface area contributed by atoms with Gasteiger partial charge >= 0.3 is 4.87 Å². The standard InChI is InChI=1S/C26H23N3O6S2/c30-18(28-9-11-34-12-10-28)14-35-17-8-4-5-15(13-17)19-20-22(36-23-21(19)37-26(33)27-23)25(32)29(24(20)31)16-6-2-1-3-7-16/h1-8,13,19-20,22H,9-12,14H2,(H,27,33)/t19-,20-,22+/m0/s1. The largest absolute Gasteiger partial charge is 0.484 e. The number of benzene rings is 2. The van der Waals surface area contributed by atoms with Crippen LogP contribution in [0.25, 0.3) is 0 Å². The fourth-order valence-corrected chi connectivity index (χ4v) is 7.57. The molecule has 1 N–H and O–H groups in total. The summed E-state index contributed by atoms with van der Waals surface area (Å²) in [4.78, 5) is 58.3. The highest BCUT2D eigenvalue weighted by molar-refractivity contribution is 8.00. The minimum absolute atomic E-state index is 0.113. The van der Waals surface area contributed by atoms with Crippen molar-refractivity contribution in [2.24, 2.45) is 5.92 Å². The Balaban J connectivity index is 1.32. The Morgan fingerprint density at radius 3 is 2.59 bits per heavy atom. The summed E-state index contributed by atoms with van der Waals surface area (Å²) >= 11 is 2.30. The molecule has 3 aromatic rings. The predicted octanol–water partition coefficient (Wildman–Crippen LogP) is 2.47. The van der Waals surface area contributed by atoms with Crippen molar-refractivity contribution in [3.63, 3.8) is 0 Å². The fraction of sp³-hybridized carbons (Fsp3) is 0.308. The minimum Gasteiger partial charge on any atom is -0.484 e. The van der Waals surface area contributed by atoms with Gasteiger partial charge in [0.05, 0.1) is 29.8 Å². The zero-order valence-corrected chi connectivity index (χ0v) is 21.3. The second kappa shape index (κ2) is 9.81. The predicted molar refractivity (Wildman–Crippen MR) is 138 cm³/mol. The smallest absolute Gasteiger partial charge is 0.305 e. The number of hydrogen-bond donors (Lipinski definition) is 1. The van der Waals surface area contributed by atoms with E-state index in [2.05, 4.69) is 4.98 Å². The average molecular weight is 538 g/mol. The van der Waals surface area contributed by atoms with E-state index >= 15 is 0 Å². The van der Waals surface area contributed by atoms with Crippen molar-refractivity contribution < 1.29 is 23.9 Å². The highest BCUT2D eigenvalue weighted by Gasteiger charge is 2.56. The molecular weight excluding hydrogens is 514 g/mol. The number of amides is 3. The molecule has 2 aromatic carbocycles. The first kappa shape index (κ1) is 24.0.